The van der Waals surface area contributed by atoms with Crippen LogP contribution in [0.15, 0.2) is 18.2 Å². The van der Waals surface area contributed by atoms with Gasteiger partial charge in [0.15, 0.2) is 11.5 Å². The molecule has 1 atom stereocenters. The van der Waals surface area contributed by atoms with Crippen molar-refractivity contribution in [3.8, 4) is 11.5 Å². The molecule has 148 valence electrons. The van der Waals surface area contributed by atoms with Crippen molar-refractivity contribution in [1.29, 1.82) is 0 Å². The third-order valence-electron chi connectivity index (χ3n) is 4.39. The lowest BCUT2D eigenvalue weighted by atomic mass is 10.2. The van der Waals surface area contributed by atoms with E-state index in [9.17, 15) is 5.11 Å². The highest BCUT2D eigenvalue weighted by Gasteiger charge is 2.16. The van der Waals surface area contributed by atoms with E-state index >= 15 is 0 Å². The third-order valence-corrected chi connectivity index (χ3v) is 4.39. The maximum absolute atomic E-state index is 10.2. The lowest BCUT2D eigenvalue weighted by Crippen LogP contribution is -2.33. The Bertz CT molecular complexity index is 519. The summed E-state index contributed by atoms with van der Waals surface area (Å²) in [4.78, 5) is 2.28. The fourth-order valence-corrected chi connectivity index (χ4v) is 3.04. The van der Waals surface area contributed by atoms with E-state index in [1.54, 1.807) is 7.11 Å². The Morgan fingerprint density at radius 3 is 2.65 bits per heavy atom. The number of benzene rings is 1. The van der Waals surface area contributed by atoms with E-state index < -0.39 is 6.10 Å². The molecule has 0 bridgehead atoms. The van der Waals surface area contributed by atoms with E-state index in [-0.39, 0.29) is 12.7 Å². The highest BCUT2D eigenvalue weighted by molar-refractivity contribution is 5.43. The molecule has 6 heteroatoms. The third kappa shape index (κ3) is 7.50. The molecular weight excluding hydrogens is 332 g/mol. The number of nitrogens with one attached hydrogen (secondary N) is 1. The number of hydrogen-bond acceptors (Lipinski definition) is 6. The normalized spacial score (nSPS) is 16.2. The zero-order chi connectivity index (χ0) is 18.8. The summed E-state index contributed by atoms with van der Waals surface area (Å²) in [6.07, 6.45) is 2.22. The van der Waals surface area contributed by atoms with Gasteiger partial charge in [0.2, 0.25) is 0 Å². The van der Waals surface area contributed by atoms with Crippen LogP contribution in [0.25, 0.3) is 0 Å². The number of nitrogens with zero attached hydrogens (tertiary/aromatic N) is 1. The molecule has 1 saturated heterocycles. The monoisotopic (exact) mass is 366 g/mol. The topological polar surface area (TPSA) is 63.2 Å². The summed E-state index contributed by atoms with van der Waals surface area (Å²) in [6, 6.07) is 5.89. The van der Waals surface area contributed by atoms with Gasteiger partial charge in [-0.25, -0.2) is 0 Å². The maximum Gasteiger partial charge on any atom is 0.161 e. The molecule has 26 heavy (non-hydrogen) atoms. The van der Waals surface area contributed by atoms with Crippen molar-refractivity contribution < 1.29 is 19.3 Å². The first-order valence-electron chi connectivity index (χ1n) is 9.61. The van der Waals surface area contributed by atoms with Gasteiger partial charge in [-0.15, -0.1) is 0 Å². The summed E-state index contributed by atoms with van der Waals surface area (Å²) in [5.74, 6) is 1.36. The summed E-state index contributed by atoms with van der Waals surface area (Å²) in [5, 5.41) is 13.5. The van der Waals surface area contributed by atoms with E-state index in [2.05, 4.69) is 10.2 Å². The van der Waals surface area contributed by atoms with Crippen LogP contribution in [0.5, 0.6) is 11.5 Å². The van der Waals surface area contributed by atoms with Gasteiger partial charge in [-0.3, -0.25) is 0 Å². The second-order valence-corrected chi connectivity index (χ2v) is 7.05. The van der Waals surface area contributed by atoms with Crippen molar-refractivity contribution in [2.45, 2.75) is 45.4 Å². The Hall–Kier alpha value is -1.34. The Labute approximate surface area is 157 Å². The molecule has 0 radical (unpaired) electrons. The van der Waals surface area contributed by atoms with Crippen LogP contribution in [0.1, 0.15) is 32.3 Å². The smallest absolute Gasteiger partial charge is 0.161 e. The first kappa shape index (κ1) is 21.0. The molecule has 1 aliphatic rings. The molecule has 0 spiro atoms. The van der Waals surface area contributed by atoms with E-state index in [0.29, 0.717) is 24.7 Å². The SMILES string of the molecule is COc1cc(CNCCOC(C)C)ccc1OC[C@H](O)CN1CCCC1. The molecule has 1 fully saturated rings. The van der Waals surface area contributed by atoms with E-state index in [1.165, 1.54) is 12.8 Å². The summed E-state index contributed by atoms with van der Waals surface area (Å²) in [7, 11) is 1.64. The fraction of sp³-hybridized carbons (Fsp3) is 0.700. The second-order valence-electron chi connectivity index (χ2n) is 7.05. The summed E-state index contributed by atoms with van der Waals surface area (Å²) >= 11 is 0. The van der Waals surface area contributed by atoms with Gasteiger partial charge in [-0.2, -0.15) is 0 Å². The Balaban J connectivity index is 1.75. The van der Waals surface area contributed by atoms with Crippen molar-refractivity contribution in [2.75, 3.05) is 46.5 Å². The molecule has 1 heterocycles. The average molecular weight is 367 g/mol. The molecule has 1 aliphatic heterocycles. The predicted octanol–water partition coefficient (Wildman–Crippen LogP) is 2.05. The molecule has 0 amide bonds. The quantitative estimate of drug-likeness (QED) is 0.552. The van der Waals surface area contributed by atoms with Crippen LogP contribution in [0.4, 0.5) is 0 Å². The second kappa shape index (κ2) is 11.4. The molecule has 0 unspecified atom stereocenters. The van der Waals surface area contributed by atoms with Crippen molar-refractivity contribution in [1.82, 2.24) is 10.2 Å². The minimum Gasteiger partial charge on any atom is -0.493 e. The van der Waals surface area contributed by atoms with Crippen LogP contribution < -0.4 is 14.8 Å². The first-order chi connectivity index (χ1) is 12.6. The minimum absolute atomic E-state index is 0.258. The molecule has 0 saturated carbocycles. The van der Waals surface area contributed by atoms with E-state index in [4.69, 9.17) is 14.2 Å². The summed E-state index contributed by atoms with van der Waals surface area (Å²) < 4.78 is 16.7. The van der Waals surface area contributed by atoms with Crippen molar-refractivity contribution in [3.63, 3.8) is 0 Å². The van der Waals surface area contributed by atoms with E-state index in [0.717, 1.165) is 31.7 Å². The minimum atomic E-state index is -0.486. The van der Waals surface area contributed by atoms with Crippen molar-refractivity contribution in [2.24, 2.45) is 0 Å². The summed E-state index contributed by atoms with van der Waals surface area (Å²) in [6.45, 7) is 9.41. The number of hydrogen-bond donors (Lipinski definition) is 2. The number of ether oxygens (including phenoxy) is 3. The molecule has 0 aliphatic carbocycles. The fourth-order valence-electron chi connectivity index (χ4n) is 3.04. The number of likely N-dealkylation sites (tertiary alicyclic amines) is 1. The summed E-state index contributed by atoms with van der Waals surface area (Å²) in [5.41, 5.74) is 1.12. The molecule has 1 aromatic rings. The molecular formula is C20H34N2O4. The molecule has 0 aromatic heterocycles. The van der Waals surface area contributed by atoms with Crippen LogP contribution in [-0.2, 0) is 11.3 Å². The maximum atomic E-state index is 10.2. The van der Waals surface area contributed by atoms with Crippen molar-refractivity contribution >= 4 is 0 Å². The van der Waals surface area contributed by atoms with Gasteiger partial charge in [-0.1, -0.05) is 6.07 Å². The number of β-amino-alcohol motifs (C(OH)–C–C–N with tert-alkyl or cyclic N) is 1. The van der Waals surface area contributed by atoms with Crippen LogP contribution in [0.2, 0.25) is 0 Å². The van der Waals surface area contributed by atoms with Crippen LogP contribution >= 0.6 is 0 Å². The van der Waals surface area contributed by atoms with Crippen LogP contribution in [-0.4, -0.2) is 68.7 Å². The Kier molecular flexibility index (Phi) is 9.18. The lowest BCUT2D eigenvalue weighted by molar-refractivity contribution is 0.0747. The molecule has 2 N–H and O–H groups in total. The van der Waals surface area contributed by atoms with Gasteiger partial charge < -0.3 is 29.5 Å². The van der Waals surface area contributed by atoms with Crippen LogP contribution in [0.3, 0.4) is 0 Å². The van der Waals surface area contributed by atoms with Gasteiger partial charge in [0, 0.05) is 19.6 Å². The number of methoxy groups -OCH3 is 1. The number of aliphatic hydroxyl groups excluding tert-OH is 1. The average Bonchev–Trinajstić information content (AvgIpc) is 3.12. The lowest BCUT2D eigenvalue weighted by Gasteiger charge is -2.20. The highest BCUT2D eigenvalue weighted by Crippen LogP contribution is 2.28. The number of aliphatic hydroxyl groups is 1. The van der Waals surface area contributed by atoms with Gasteiger partial charge in [0.05, 0.1) is 19.8 Å². The molecule has 6 nitrogen and oxygen atoms in total. The highest BCUT2D eigenvalue weighted by atomic mass is 16.5. The largest absolute Gasteiger partial charge is 0.493 e. The molecule has 2 rings (SSSR count). The van der Waals surface area contributed by atoms with Gasteiger partial charge in [0.1, 0.15) is 12.7 Å². The Morgan fingerprint density at radius 2 is 1.96 bits per heavy atom. The van der Waals surface area contributed by atoms with E-state index in [1.807, 2.05) is 32.0 Å². The van der Waals surface area contributed by atoms with Crippen LogP contribution in [0, 0.1) is 0 Å². The van der Waals surface area contributed by atoms with Crippen molar-refractivity contribution in [3.05, 3.63) is 23.8 Å². The standard InChI is InChI=1S/C20H34N2O4/c1-16(2)25-11-8-21-13-17-6-7-19(20(12-17)24-3)26-15-18(23)14-22-9-4-5-10-22/h6-7,12,16,18,21,23H,4-5,8-11,13-15H2,1-3H3/t18-/m1/s1. The number of rotatable bonds is 12. The Morgan fingerprint density at radius 1 is 1.19 bits per heavy atom. The first-order valence-corrected chi connectivity index (χ1v) is 9.61. The zero-order valence-corrected chi connectivity index (χ0v) is 16.4. The van der Waals surface area contributed by atoms with Gasteiger partial charge >= 0.3 is 0 Å². The predicted molar refractivity (Wildman–Crippen MR) is 103 cm³/mol. The van der Waals surface area contributed by atoms with Gasteiger partial charge in [0.25, 0.3) is 0 Å². The zero-order valence-electron chi connectivity index (χ0n) is 16.4. The molecule has 1 aromatic carbocycles. The van der Waals surface area contributed by atoms with Gasteiger partial charge in [-0.05, 0) is 57.5 Å².